The Labute approximate surface area is 146 Å². The van der Waals surface area contributed by atoms with Gasteiger partial charge in [-0.25, -0.2) is 18.0 Å². The highest BCUT2D eigenvalue weighted by Crippen LogP contribution is 2.17. The van der Waals surface area contributed by atoms with Crippen molar-refractivity contribution in [1.29, 1.82) is 0 Å². The number of imide groups is 1. The van der Waals surface area contributed by atoms with Crippen molar-refractivity contribution in [2.24, 2.45) is 0 Å². The summed E-state index contributed by atoms with van der Waals surface area (Å²) in [5, 5.41) is 4.52. The number of benzene rings is 1. The van der Waals surface area contributed by atoms with Crippen LogP contribution in [0.25, 0.3) is 0 Å². The van der Waals surface area contributed by atoms with Gasteiger partial charge in [-0.15, -0.1) is 0 Å². The van der Waals surface area contributed by atoms with Gasteiger partial charge in [0.1, 0.15) is 0 Å². The van der Waals surface area contributed by atoms with Gasteiger partial charge >= 0.3 is 12.0 Å². The number of nitrogens with one attached hydrogen (secondary N) is 2. The second kappa shape index (κ2) is 8.11. The van der Waals surface area contributed by atoms with Gasteiger partial charge < -0.3 is 10.1 Å². The minimum absolute atomic E-state index is 0.0292. The van der Waals surface area contributed by atoms with Crippen molar-refractivity contribution < 1.29 is 27.5 Å². The van der Waals surface area contributed by atoms with E-state index in [4.69, 9.17) is 4.74 Å². The molecule has 3 amide bonds. The summed E-state index contributed by atoms with van der Waals surface area (Å²) in [6, 6.07) is 3.20. The lowest BCUT2D eigenvalue weighted by molar-refractivity contribution is -0.127. The Hall–Kier alpha value is -2.42. The number of rotatable bonds is 5. The first-order chi connectivity index (χ1) is 11.4. The Kier molecular flexibility index (Phi) is 6.69. The molecule has 0 radical (unpaired) electrons. The third kappa shape index (κ3) is 6.18. The minimum atomic E-state index is -3.49. The normalized spacial score (nSPS) is 12.4. The third-order valence-corrected chi connectivity index (χ3v) is 4.28. The molecular weight excluding hydrogens is 348 g/mol. The minimum Gasteiger partial charge on any atom is -0.449 e. The van der Waals surface area contributed by atoms with Gasteiger partial charge in [0.25, 0.3) is 5.91 Å². The SMILES string of the molecule is Cc1ccc(S(C)(=O)=O)cc1C(=O)O[C@H](C)C(=O)NC(=O)NC(C)C. The number of hydrogen-bond acceptors (Lipinski definition) is 6. The van der Waals surface area contributed by atoms with Crippen LogP contribution in [0, 0.1) is 6.92 Å². The zero-order chi connectivity index (χ0) is 19.4. The third-order valence-electron chi connectivity index (χ3n) is 3.17. The molecule has 0 fully saturated rings. The number of sulfone groups is 1. The number of esters is 1. The van der Waals surface area contributed by atoms with E-state index in [0.29, 0.717) is 5.56 Å². The number of carbonyl (C=O) groups excluding carboxylic acids is 3. The summed E-state index contributed by atoms with van der Waals surface area (Å²) in [4.78, 5) is 35.5. The summed E-state index contributed by atoms with van der Waals surface area (Å²) in [5.41, 5.74) is 0.539. The number of aryl methyl sites for hydroxylation is 1. The second-order valence-electron chi connectivity index (χ2n) is 5.91. The van der Waals surface area contributed by atoms with Crippen LogP contribution in [0.4, 0.5) is 4.79 Å². The summed E-state index contributed by atoms with van der Waals surface area (Å²) in [5.74, 6) is -1.64. The fourth-order valence-corrected chi connectivity index (χ4v) is 2.49. The second-order valence-corrected chi connectivity index (χ2v) is 7.93. The van der Waals surface area contributed by atoms with Gasteiger partial charge in [0, 0.05) is 12.3 Å². The molecule has 0 saturated heterocycles. The lowest BCUT2D eigenvalue weighted by Gasteiger charge is -2.15. The van der Waals surface area contributed by atoms with Crippen LogP contribution in [0.1, 0.15) is 36.7 Å². The number of ether oxygens (including phenoxy) is 1. The molecule has 0 heterocycles. The predicted octanol–water partition coefficient (Wildman–Crippen LogP) is 1.18. The van der Waals surface area contributed by atoms with E-state index in [0.717, 1.165) is 6.26 Å². The predicted molar refractivity (Wildman–Crippen MR) is 91.0 cm³/mol. The maximum atomic E-state index is 12.2. The monoisotopic (exact) mass is 370 g/mol. The molecule has 1 aromatic rings. The Bertz CT molecular complexity index is 786. The molecule has 2 N–H and O–H groups in total. The van der Waals surface area contributed by atoms with Crippen molar-refractivity contribution in [3.63, 3.8) is 0 Å². The standard InChI is InChI=1S/C16H22N2O6S/c1-9(2)17-16(21)18-14(19)11(4)24-15(20)13-8-12(25(5,22)23)7-6-10(13)3/h6-9,11H,1-5H3,(H2,17,18,19,21)/t11-/m1/s1. The lowest BCUT2D eigenvalue weighted by atomic mass is 10.1. The Morgan fingerprint density at radius 1 is 1.12 bits per heavy atom. The molecule has 0 aliphatic carbocycles. The largest absolute Gasteiger partial charge is 0.449 e. The van der Waals surface area contributed by atoms with E-state index < -0.39 is 33.8 Å². The van der Waals surface area contributed by atoms with E-state index >= 15 is 0 Å². The fraction of sp³-hybridized carbons (Fsp3) is 0.438. The molecule has 9 heteroatoms. The van der Waals surface area contributed by atoms with Crippen molar-refractivity contribution in [2.75, 3.05) is 6.26 Å². The maximum Gasteiger partial charge on any atom is 0.339 e. The average molecular weight is 370 g/mol. The molecule has 0 aromatic heterocycles. The molecule has 0 saturated carbocycles. The first kappa shape index (κ1) is 20.6. The van der Waals surface area contributed by atoms with Crippen LogP contribution in [0.3, 0.4) is 0 Å². The van der Waals surface area contributed by atoms with Crippen LogP contribution >= 0.6 is 0 Å². The number of urea groups is 1. The summed E-state index contributed by atoms with van der Waals surface area (Å²) >= 11 is 0. The quantitative estimate of drug-likeness (QED) is 0.751. The molecule has 0 bridgehead atoms. The topological polar surface area (TPSA) is 119 Å². The van der Waals surface area contributed by atoms with Crippen molar-refractivity contribution in [2.45, 2.75) is 44.7 Å². The summed E-state index contributed by atoms with van der Waals surface area (Å²) in [6.45, 7) is 6.38. The van der Waals surface area contributed by atoms with E-state index in [1.807, 2.05) is 0 Å². The van der Waals surface area contributed by atoms with Crippen LogP contribution in [-0.2, 0) is 19.4 Å². The maximum absolute atomic E-state index is 12.2. The van der Waals surface area contributed by atoms with Crippen LogP contribution in [0.2, 0.25) is 0 Å². The van der Waals surface area contributed by atoms with Crippen LogP contribution in [0.5, 0.6) is 0 Å². The van der Waals surface area contributed by atoms with Gasteiger partial charge in [0.05, 0.1) is 10.5 Å². The van der Waals surface area contributed by atoms with Crippen molar-refractivity contribution in [1.82, 2.24) is 10.6 Å². The van der Waals surface area contributed by atoms with Crippen LogP contribution < -0.4 is 10.6 Å². The van der Waals surface area contributed by atoms with Gasteiger partial charge in [0.15, 0.2) is 15.9 Å². The number of hydrogen-bond donors (Lipinski definition) is 2. The van der Waals surface area contributed by atoms with Crippen molar-refractivity contribution >= 4 is 27.7 Å². The van der Waals surface area contributed by atoms with E-state index in [-0.39, 0.29) is 16.5 Å². The molecule has 0 aliphatic heterocycles. The molecule has 0 spiro atoms. The molecule has 0 unspecified atom stereocenters. The van der Waals surface area contributed by atoms with Crippen LogP contribution in [-0.4, -0.2) is 44.7 Å². The van der Waals surface area contributed by atoms with Gasteiger partial charge in [-0.2, -0.15) is 0 Å². The van der Waals surface area contributed by atoms with Gasteiger partial charge in [-0.1, -0.05) is 6.07 Å². The number of carbonyl (C=O) groups is 3. The smallest absolute Gasteiger partial charge is 0.339 e. The highest BCUT2D eigenvalue weighted by molar-refractivity contribution is 7.90. The highest BCUT2D eigenvalue weighted by atomic mass is 32.2. The zero-order valence-electron chi connectivity index (χ0n) is 14.7. The molecule has 138 valence electrons. The first-order valence-electron chi connectivity index (χ1n) is 7.55. The molecule has 8 nitrogen and oxygen atoms in total. The first-order valence-corrected chi connectivity index (χ1v) is 9.44. The lowest BCUT2D eigenvalue weighted by Crippen LogP contribution is -2.46. The van der Waals surface area contributed by atoms with Crippen molar-refractivity contribution in [3.8, 4) is 0 Å². The molecule has 0 aliphatic rings. The highest BCUT2D eigenvalue weighted by Gasteiger charge is 2.23. The Balaban J connectivity index is 2.85. The Morgan fingerprint density at radius 2 is 1.72 bits per heavy atom. The molecular formula is C16H22N2O6S. The summed E-state index contributed by atoms with van der Waals surface area (Å²) in [7, 11) is -3.49. The molecule has 1 aromatic carbocycles. The average Bonchev–Trinajstić information content (AvgIpc) is 2.45. The molecule has 1 atom stereocenters. The Morgan fingerprint density at radius 3 is 2.24 bits per heavy atom. The fourth-order valence-electron chi connectivity index (χ4n) is 1.84. The van der Waals surface area contributed by atoms with Gasteiger partial charge in [-0.3, -0.25) is 10.1 Å². The van der Waals surface area contributed by atoms with Crippen LogP contribution in [0.15, 0.2) is 23.1 Å². The van der Waals surface area contributed by atoms with E-state index in [9.17, 15) is 22.8 Å². The summed E-state index contributed by atoms with van der Waals surface area (Å²) in [6.07, 6.45) is -0.206. The van der Waals surface area contributed by atoms with E-state index in [1.165, 1.54) is 25.1 Å². The van der Waals surface area contributed by atoms with Gasteiger partial charge in [-0.05, 0) is 45.4 Å². The van der Waals surface area contributed by atoms with E-state index in [1.54, 1.807) is 20.8 Å². The van der Waals surface area contributed by atoms with Gasteiger partial charge in [0.2, 0.25) is 0 Å². The van der Waals surface area contributed by atoms with Crippen molar-refractivity contribution in [3.05, 3.63) is 29.3 Å². The zero-order valence-corrected chi connectivity index (χ0v) is 15.6. The van der Waals surface area contributed by atoms with E-state index in [2.05, 4.69) is 10.6 Å². The number of amides is 3. The summed E-state index contributed by atoms with van der Waals surface area (Å²) < 4.78 is 28.2. The molecule has 1 rings (SSSR count). The molecule has 25 heavy (non-hydrogen) atoms.